The van der Waals surface area contributed by atoms with Crippen LogP contribution in [0.15, 0.2) is 30.3 Å². The van der Waals surface area contributed by atoms with Gasteiger partial charge in [-0.1, -0.05) is 114 Å². The van der Waals surface area contributed by atoms with Crippen LogP contribution in [-0.2, 0) is 25.7 Å². The maximum absolute atomic E-state index is 11.7. The minimum Gasteiger partial charge on any atom is -0.458 e. The molecule has 0 radical (unpaired) electrons. The van der Waals surface area contributed by atoms with E-state index in [2.05, 4.69) is 6.92 Å². The Morgan fingerprint density at radius 1 is 0.655 bits per heavy atom. The van der Waals surface area contributed by atoms with Gasteiger partial charge in [-0.2, -0.15) is 0 Å². The third kappa shape index (κ3) is 15.7. The smallest absolute Gasteiger partial charge is 0.344 e. The van der Waals surface area contributed by atoms with Crippen molar-refractivity contribution < 1.29 is 19.1 Å². The highest BCUT2D eigenvalue weighted by Crippen LogP contribution is 2.13. The van der Waals surface area contributed by atoms with Gasteiger partial charge in [-0.05, 0) is 12.0 Å². The van der Waals surface area contributed by atoms with Gasteiger partial charge >= 0.3 is 11.9 Å². The Labute approximate surface area is 177 Å². The Morgan fingerprint density at radius 3 is 1.72 bits per heavy atom. The third-order valence-corrected chi connectivity index (χ3v) is 5.08. The number of carbonyl (C=O) groups is 2. The Bertz CT molecular complexity index is 527. The van der Waals surface area contributed by atoms with Gasteiger partial charge in [-0.25, -0.2) is 4.79 Å². The van der Waals surface area contributed by atoms with Crippen LogP contribution in [0.25, 0.3) is 0 Å². The number of benzene rings is 1. The Kier molecular flexibility index (Phi) is 15.8. The lowest BCUT2D eigenvalue weighted by atomic mass is 10.0. The molecule has 0 amide bonds. The first-order chi connectivity index (χ1) is 14.2. The highest BCUT2D eigenvalue weighted by atomic mass is 16.6. The van der Waals surface area contributed by atoms with E-state index in [1.54, 1.807) is 0 Å². The molecule has 29 heavy (non-hydrogen) atoms. The second-order valence-electron chi connectivity index (χ2n) is 7.80. The van der Waals surface area contributed by atoms with Crippen LogP contribution < -0.4 is 0 Å². The highest BCUT2D eigenvalue weighted by Gasteiger charge is 2.08. The molecule has 0 unspecified atom stereocenters. The van der Waals surface area contributed by atoms with Crippen molar-refractivity contribution in [2.45, 2.75) is 103 Å². The molecule has 4 nitrogen and oxygen atoms in total. The lowest BCUT2D eigenvalue weighted by Gasteiger charge is -2.06. The molecule has 0 saturated heterocycles. The molecule has 0 aromatic heterocycles. The van der Waals surface area contributed by atoms with Crippen molar-refractivity contribution in [3.8, 4) is 0 Å². The molecule has 164 valence electrons. The molecule has 0 aliphatic heterocycles. The van der Waals surface area contributed by atoms with Crippen molar-refractivity contribution in [2.24, 2.45) is 0 Å². The van der Waals surface area contributed by atoms with Crippen molar-refractivity contribution in [1.29, 1.82) is 0 Å². The summed E-state index contributed by atoms with van der Waals surface area (Å²) in [6.07, 6.45) is 16.9. The van der Waals surface area contributed by atoms with Gasteiger partial charge in [0.05, 0.1) is 0 Å². The first-order valence-corrected chi connectivity index (χ1v) is 11.6. The molecule has 0 atom stereocenters. The molecule has 0 aliphatic carbocycles. The van der Waals surface area contributed by atoms with Crippen LogP contribution in [0, 0.1) is 0 Å². The fraction of sp³-hybridized carbons (Fsp3) is 0.680. The first-order valence-electron chi connectivity index (χ1n) is 11.6. The largest absolute Gasteiger partial charge is 0.458 e. The summed E-state index contributed by atoms with van der Waals surface area (Å²) < 4.78 is 10.1. The molecule has 0 spiro atoms. The second-order valence-corrected chi connectivity index (χ2v) is 7.80. The molecule has 1 aromatic rings. The summed E-state index contributed by atoms with van der Waals surface area (Å²) in [5.74, 6) is -0.822. The summed E-state index contributed by atoms with van der Waals surface area (Å²) in [4.78, 5) is 23.3. The van der Waals surface area contributed by atoms with Crippen molar-refractivity contribution in [1.82, 2.24) is 0 Å². The molecule has 0 saturated carbocycles. The predicted molar refractivity (Wildman–Crippen MR) is 118 cm³/mol. The number of carbonyl (C=O) groups excluding carboxylic acids is 2. The zero-order valence-electron chi connectivity index (χ0n) is 18.3. The fourth-order valence-corrected chi connectivity index (χ4v) is 3.28. The summed E-state index contributed by atoms with van der Waals surface area (Å²) in [6, 6.07) is 9.45. The topological polar surface area (TPSA) is 52.6 Å². The number of ether oxygens (including phenoxy) is 2. The second kappa shape index (κ2) is 18.2. The van der Waals surface area contributed by atoms with E-state index in [9.17, 15) is 9.59 Å². The minimum atomic E-state index is -0.507. The standard InChI is InChI=1S/C25H40O4/c1-2-3-4-5-6-7-8-9-10-11-12-13-17-20-24(26)29-22-25(27)28-21-23-18-15-14-16-19-23/h14-16,18-19H,2-13,17,20-22H2,1H3. The number of hydrogen-bond acceptors (Lipinski definition) is 4. The molecule has 0 heterocycles. The molecule has 1 rings (SSSR count). The summed E-state index contributed by atoms with van der Waals surface area (Å²) in [5.41, 5.74) is 0.916. The molecule has 0 fully saturated rings. The van der Waals surface area contributed by atoms with Gasteiger partial charge in [-0.15, -0.1) is 0 Å². The molecule has 0 N–H and O–H groups in total. The van der Waals surface area contributed by atoms with Gasteiger partial charge in [0.2, 0.25) is 0 Å². The average Bonchev–Trinajstić information content (AvgIpc) is 2.74. The van der Waals surface area contributed by atoms with Crippen molar-refractivity contribution in [2.75, 3.05) is 6.61 Å². The van der Waals surface area contributed by atoms with E-state index < -0.39 is 5.97 Å². The van der Waals surface area contributed by atoms with Crippen LogP contribution in [0.4, 0.5) is 0 Å². The summed E-state index contributed by atoms with van der Waals surface area (Å²) >= 11 is 0. The Balaban J connectivity index is 1.85. The van der Waals surface area contributed by atoms with E-state index in [1.807, 2.05) is 30.3 Å². The van der Waals surface area contributed by atoms with Gasteiger partial charge in [-0.3, -0.25) is 4.79 Å². The monoisotopic (exact) mass is 404 g/mol. The molecular formula is C25H40O4. The third-order valence-electron chi connectivity index (χ3n) is 5.08. The van der Waals surface area contributed by atoms with E-state index in [0.717, 1.165) is 18.4 Å². The maximum Gasteiger partial charge on any atom is 0.344 e. The van der Waals surface area contributed by atoms with Crippen molar-refractivity contribution in [3.63, 3.8) is 0 Å². The Morgan fingerprint density at radius 2 is 1.17 bits per heavy atom. The van der Waals surface area contributed by atoms with E-state index in [1.165, 1.54) is 70.6 Å². The molecule has 0 bridgehead atoms. The van der Waals surface area contributed by atoms with Crippen LogP contribution in [0.5, 0.6) is 0 Å². The summed E-state index contributed by atoms with van der Waals surface area (Å²) in [6.45, 7) is 2.16. The van der Waals surface area contributed by atoms with E-state index in [-0.39, 0.29) is 19.2 Å². The summed E-state index contributed by atoms with van der Waals surface area (Å²) in [7, 11) is 0. The number of unbranched alkanes of at least 4 members (excludes halogenated alkanes) is 12. The molecule has 1 aromatic carbocycles. The lowest BCUT2D eigenvalue weighted by Crippen LogP contribution is -2.16. The fourth-order valence-electron chi connectivity index (χ4n) is 3.28. The zero-order valence-corrected chi connectivity index (χ0v) is 18.3. The minimum absolute atomic E-state index is 0.204. The Hall–Kier alpha value is -1.84. The average molecular weight is 405 g/mol. The van der Waals surface area contributed by atoms with Crippen LogP contribution in [0.3, 0.4) is 0 Å². The van der Waals surface area contributed by atoms with Gasteiger partial charge in [0, 0.05) is 6.42 Å². The number of hydrogen-bond donors (Lipinski definition) is 0. The van der Waals surface area contributed by atoms with Gasteiger partial charge in [0.25, 0.3) is 0 Å². The van der Waals surface area contributed by atoms with Gasteiger partial charge in [0.1, 0.15) is 6.61 Å². The van der Waals surface area contributed by atoms with Crippen LogP contribution >= 0.6 is 0 Å². The number of rotatable bonds is 18. The van der Waals surface area contributed by atoms with Gasteiger partial charge in [0.15, 0.2) is 6.61 Å². The molecule has 4 heteroatoms. The van der Waals surface area contributed by atoms with E-state index in [4.69, 9.17) is 9.47 Å². The van der Waals surface area contributed by atoms with Crippen LogP contribution in [0.1, 0.15) is 102 Å². The number of esters is 2. The molecular weight excluding hydrogens is 364 g/mol. The quantitative estimate of drug-likeness (QED) is 0.200. The lowest BCUT2D eigenvalue weighted by molar-refractivity contribution is -0.159. The molecule has 0 aliphatic rings. The zero-order chi connectivity index (χ0) is 21.0. The van der Waals surface area contributed by atoms with Crippen molar-refractivity contribution in [3.05, 3.63) is 35.9 Å². The SMILES string of the molecule is CCCCCCCCCCCCCCCC(=O)OCC(=O)OCc1ccccc1. The predicted octanol–water partition coefficient (Wildman–Crippen LogP) is 6.75. The van der Waals surface area contributed by atoms with Gasteiger partial charge < -0.3 is 9.47 Å². The van der Waals surface area contributed by atoms with E-state index in [0.29, 0.717) is 6.42 Å². The maximum atomic E-state index is 11.7. The van der Waals surface area contributed by atoms with Crippen LogP contribution in [0.2, 0.25) is 0 Å². The van der Waals surface area contributed by atoms with E-state index >= 15 is 0 Å². The van der Waals surface area contributed by atoms with Crippen molar-refractivity contribution >= 4 is 11.9 Å². The summed E-state index contributed by atoms with van der Waals surface area (Å²) in [5, 5.41) is 0. The first kappa shape index (κ1) is 25.2. The van der Waals surface area contributed by atoms with Crippen LogP contribution in [-0.4, -0.2) is 18.5 Å². The highest BCUT2D eigenvalue weighted by molar-refractivity contribution is 5.76. The normalized spacial score (nSPS) is 10.7.